The van der Waals surface area contributed by atoms with Gasteiger partial charge in [0.05, 0.1) is 41.3 Å². The fourth-order valence-corrected chi connectivity index (χ4v) is 4.36. The van der Waals surface area contributed by atoms with Crippen LogP contribution in [0.15, 0.2) is 71.8 Å². The maximum Gasteiger partial charge on any atom is 0.288 e. The molecule has 0 saturated carbocycles. The largest absolute Gasteiger partial charge is 0.389 e. The third-order valence-corrected chi connectivity index (χ3v) is 5.87. The maximum atomic E-state index is 12.9. The van der Waals surface area contributed by atoms with Crippen molar-refractivity contribution in [3.63, 3.8) is 0 Å². The number of nitro benzene ring substituents is 1. The van der Waals surface area contributed by atoms with Gasteiger partial charge in [-0.25, -0.2) is 4.98 Å². The van der Waals surface area contributed by atoms with E-state index in [4.69, 9.17) is 11.6 Å². The summed E-state index contributed by atoms with van der Waals surface area (Å²) >= 11 is 5.92. The van der Waals surface area contributed by atoms with Crippen LogP contribution in [-0.2, 0) is 13.1 Å². The van der Waals surface area contributed by atoms with E-state index in [1.165, 1.54) is 17.0 Å². The number of nitro groups is 1. The molecule has 0 saturated heterocycles. The molecule has 3 aromatic carbocycles. The second-order valence-electron chi connectivity index (χ2n) is 7.58. The van der Waals surface area contributed by atoms with Crippen molar-refractivity contribution in [2.45, 2.75) is 19.2 Å². The number of fused-ring (bicyclic) bond motifs is 4. The number of hydrogen-bond acceptors (Lipinski definition) is 5. The molecule has 0 fully saturated rings. The minimum absolute atomic E-state index is 0.0149. The molecule has 1 unspecified atom stereocenters. The highest BCUT2D eigenvalue weighted by molar-refractivity contribution is 6.33. The van der Waals surface area contributed by atoms with E-state index in [1.807, 2.05) is 53.1 Å². The van der Waals surface area contributed by atoms with E-state index in [1.54, 1.807) is 0 Å². The molecule has 2 aromatic heterocycles. The van der Waals surface area contributed by atoms with Crippen LogP contribution in [0.2, 0.25) is 5.02 Å². The predicted octanol–water partition coefficient (Wildman–Crippen LogP) is 4.13. The minimum Gasteiger partial charge on any atom is -0.389 e. The summed E-state index contributed by atoms with van der Waals surface area (Å²) in [5.74, 6) is 0. The number of rotatable bonds is 5. The van der Waals surface area contributed by atoms with Gasteiger partial charge in [-0.15, -0.1) is 0 Å². The van der Waals surface area contributed by atoms with E-state index < -0.39 is 16.6 Å². The Kier molecular flexibility index (Phi) is 4.88. The first-order valence-electron chi connectivity index (χ1n) is 9.91. The van der Waals surface area contributed by atoms with Crippen molar-refractivity contribution in [3.8, 4) is 0 Å². The van der Waals surface area contributed by atoms with Crippen LogP contribution in [-0.4, -0.2) is 30.3 Å². The molecule has 0 amide bonds. The predicted molar refractivity (Wildman–Crippen MR) is 123 cm³/mol. The third-order valence-electron chi connectivity index (χ3n) is 5.57. The quantitative estimate of drug-likeness (QED) is 0.321. The normalized spacial score (nSPS) is 12.6. The summed E-state index contributed by atoms with van der Waals surface area (Å²) in [5, 5.41) is 24.2. The Labute approximate surface area is 186 Å². The zero-order valence-electron chi connectivity index (χ0n) is 16.7. The molecular weight excluding hydrogens is 432 g/mol. The van der Waals surface area contributed by atoms with Gasteiger partial charge in [0.25, 0.3) is 11.2 Å². The molecule has 9 heteroatoms. The zero-order valence-corrected chi connectivity index (χ0v) is 17.4. The van der Waals surface area contributed by atoms with Crippen molar-refractivity contribution in [2.24, 2.45) is 0 Å². The summed E-state index contributed by atoms with van der Waals surface area (Å²) in [6, 6.07) is 18.3. The molecule has 0 aliphatic carbocycles. The van der Waals surface area contributed by atoms with E-state index in [2.05, 4.69) is 4.98 Å². The third kappa shape index (κ3) is 3.30. The highest BCUT2D eigenvalue weighted by atomic mass is 35.5. The molecular formula is C23H17ClN4O4. The molecule has 1 N–H and O–H groups in total. The van der Waals surface area contributed by atoms with Gasteiger partial charge in [0.15, 0.2) is 0 Å². The highest BCUT2D eigenvalue weighted by Crippen LogP contribution is 2.29. The van der Waals surface area contributed by atoms with E-state index in [0.717, 1.165) is 27.9 Å². The Hall–Kier alpha value is -3.75. The zero-order chi connectivity index (χ0) is 22.4. The number of benzene rings is 3. The van der Waals surface area contributed by atoms with Crippen molar-refractivity contribution in [1.82, 2.24) is 14.1 Å². The van der Waals surface area contributed by atoms with E-state index in [-0.39, 0.29) is 34.7 Å². The molecule has 0 spiro atoms. The van der Waals surface area contributed by atoms with Gasteiger partial charge in [-0.05, 0) is 18.2 Å². The van der Waals surface area contributed by atoms with Gasteiger partial charge >= 0.3 is 0 Å². The summed E-state index contributed by atoms with van der Waals surface area (Å²) in [7, 11) is 0. The van der Waals surface area contributed by atoms with Crippen molar-refractivity contribution < 1.29 is 10.0 Å². The fourth-order valence-electron chi connectivity index (χ4n) is 4.13. The number of aliphatic hydroxyl groups excluding tert-OH is 1. The van der Waals surface area contributed by atoms with Gasteiger partial charge in [0.2, 0.25) is 0 Å². The van der Waals surface area contributed by atoms with Crippen molar-refractivity contribution >= 4 is 50.0 Å². The molecule has 5 aromatic rings. The first-order chi connectivity index (χ1) is 15.4. The SMILES string of the molecule is O=c1c2cc([N+](=O)[O-])c(Cl)cc2ncn1CC(O)Cn1c2ccccc2c2ccccc21. The Morgan fingerprint density at radius 1 is 1.00 bits per heavy atom. The van der Waals surface area contributed by atoms with Gasteiger partial charge in [-0.1, -0.05) is 48.0 Å². The second kappa shape index (κ2) is 7.74. The summed E-state index contributed by atoms with van der Waals surface area (Å²) in [6.45, 7) is 0.248. The van der Waals surface area contributed by atoms with Gasteiger partial charge in [0.1, 0.15) is 5.02 Å². The number of halogens is 1. The molecule has 0 radical (unpaired) electrons. The molecule has 0 bridgehead atoms. The van der Waals surface area contributed by atoms with Crippen LogP contribution in [0.4, 0.5) is 5.69 Å². The Bertz CT molecular complexity index is 1520. The van der Waals surface area contributed by atoms with E-state index >= 15 is 0 Å². The number of aromatic nitrogens is 3. The number of para-hydroxylation sites is 2. The number of nitrogens with zero attached hydrogens (tertiary/aromatic N) is 4. The molecule has 0 aliphatic heterocycles. The van der Waals surface area contributed by atoms with Crippen LogP contribution in [0.3, 0.4) is 0 Å². The minimum atomic E-state index is -0.895. The lowest BCUT2D eigenvalue weighted by atomic mass is 10.2. The molecule has 5 rings (SSSR count). The first-order valence-corrected chi connectivity index (χ1v) is 10.3. The van der Waals surface area contributed by atoms with Crippen LogP contribution < -0.4 is 5.56 Å². The first kappa shape index (κ1) is 20.2. The second-order valence-corrected chi connectivity index (χ2v) is 7.99. The lowest BCUT2D eigenvalue weighted by Crippen LogP contribution is -2.29. The van der Waals surface area contributed by atoms with Crippen molar-refractivity contribution in [1.29, 1.82) is 0 Å². The monoisotopic (exact) mass is 448 g/mol. The van der Waals surface area contributed by atoms with Crippen LogP contribution in [0.25, 0.3) is 32.7 Å². The lowest BCUT2D eigenvalue weighted by molar-refractivity contribution is -0.384. The van der Waals surface area contributed by atoms with Crippen molar-refractivity contribution in [3.05, 3.63) is 92.5 Å². The molecule has 1 atom stereocenters. The summed E-state index contributed by atoms with van der Waals surface area (Å²) in [4.78, 5) is 27.6. The average molecular weight is 449 g/mol. The molecule has 2 heterocycles. The van der Waals surface area contributed by atoms with Crippen LogP contribution >= 0.6 is 11.6 Å². The molecule has 0 aliphatic rings. The van der Waals surface area contributed by atoms with Gasteiger partial charge < -0.3 is 9.67 Å². The van der Waals surface area contributed by atoms with Crippen LogP contribution in [0, 0.1) is 10.1 Å². The highest BCUT2D eigenvalue weighted by Gasteiger charge is 2.18. The molecule has 32 heavy (non-hydrogen) atoms. The molecule has 8 nitrogen and oxygen atoms in total. The lowest BCUT2D eigenvalue weighted by Gasteiger charge is -2.15. The topological polar surface area (TPSA) is 103 Å². The number of hydrogen-bond donors (Lipinski definition) is 1. The van der Waals surface area contributed by atoms with Crippen molar-refractivity contribution in [2.75, 3.05) is 0 Å². The Balaban J connectivity index is 1.51. The van der Waals surface area contributed by atoms with Crippen LogP contribution in [0.1, 0.15) is 0 Å². The summed E-state index contributed by atoms with van der Waals surface area (Å²) in [6.07, 6.45) is 0.426. The average Bonchev–Trinajstić information content (AvgIpc) is 3.09. The van der Waals surface area contributed by atoms with Gasteiger partial charge in [0, 0.05) is 27.9 Å². The maximum absolute atomic E-state index is 12.9. The number of aliphatic hydroxyl groups is 1. The van der Waals surface area contributed by atoms with E-state index in [0.29, 0.717) is 0 Å². The van der Waals surface area contributed by atoms with Gasteiger partial charge in [-0.2, -0.15) is 0 Å². The smallest absolute Gasteiger partial charge is 0.288 e. The molecule has 160 valence electrons. The van der Waals surface area contributed by atoms with E-state index in [9.17, 15) is 20.0 Å². The Morgan fingerprint density at radius 2 is 1.62 bits per heavy atom. The fraction of sp³-hybridized carbons (Fsp3) is 0.130. The van der Waals surface area contributed by atoms with Gasteiger partial charge in [-0.3, -0.25) is 19.5 Å². The summed E-state index contributed by atoms with van der Waals surface area (Å²) < 4.78 is 3.29. The Morgan fingerprint density at radius 3 is 2.25 bits per heavy atom. The van der Waals surface area contributed by atoms with Crippen LogP contribution in [0.5, 0.6) is 0 Å². The summed E-state index contributed by atoms with van der Waals surface area (Å²) in [5.41, 5.74) is 1.40. The standard InChI is InChI=1S/C23H17ClN4O4/c24-18-10-19-17(9-22(18)28(31)32)23(30)26(13-25-19)11-14(29)12-27-20-7-3-1-5-15(20)16-6-2-4-8-21(16)27/h1-10,13-14,29H,11-12H2.